The third-order valence-electron chi connectivity index (χ3n) is 4.85. The van der Waals surface area contributed by atoms with E-state index in [9.17, 15) is 14.4 Å². The summed E-state index contributed by atoms with van der Waals surface area (Å²) < 4.78 is 0. The number of pyridine rings is 1. The molecule has 2 aromatic rings. The lowest BCUT2D eigenvalue weighted by Gasteiger charge is -2.34. The molecule has 0 N–H and O–H groups in total. The van der Waals surface area contributed by atoms with E-state index >= 15 is 0 Å². The van der Waals surface area contributed by atoms with Crippen molar-refractivity contribution >= 4 is 17.7 Å². The second-order valence-corrected chi connectivity index (χ2v) is 6.87. The average Bonchev–Trinajstić information content (AvgIpc) is 2.73. The van der Waals surface area contributed by atoms with Crippen molar-refractivity contribution in [1.82, 2.24) is 19.7 Å². The predicted octanol–water partition coefficient (Wildman–Crippen LogP) is 1.66. The first-order chi connectivity index (χ1) is 13.5. The van der Waals surface area contributed by atoms with Crippen LogP contribution in [0.25, 0.3) is 0 Å². The van der Waals surface area contributed by atoms with Gasteiger partial charge in [0.05, 0.1) is 0 Å². The van der Waals surface area contributed by atoms with E-state index in [2.05, 4.69) is 4.98 Å². The molecule has 1 fully saturated rings. The normalized spacial score (nSPS) is 13.9. The van der Waals surface area contributed by atoms with Crippen LogP contribution >= 0.6 is 0 Å². The van der Waals surface area contributed by atoms with Gasteiger partial charge < -0.3 is 14.7 Å². The lowest BCUT2D eigenvalue weighted by Crippen LogP contribution is -2.50. The Labute approximate surface area is 164 Å². The Kier molecular flexibility index (Phi) is 6.03. The summed E-state index contributed by atoms with van der Waals surface area (Å²) in [5.74, 6) is -0.371. The summed E-state index contributed by atoms with van der Waals surface area (Å²) in [6, 6.07) is 12.9. The average molecular weight is 380 g/mol. The van der Waals surface area contributed by atoms with Crippen molar-refractivity contribution in [2.75, 3.05) is 33.2 Å². The summed E-state index contributed by atoms with van der Waals surface area (Å²) in [4.78, 5) is 46.1. The Morgan fingerprint density at radius 3 is 2.29 bits per heavy atom. The number of nitrogens with zero attached hydrogens (tertiary/aromatic N) is 4. The van der Waals surface area contributed by atoms with Gasteiger partial charge in [-0.25, -0.2) is 0 Å². The van der Waals surface area contributed by atoms with Crippen LogP contribution in [0.4, 0.5) is 0 Å². The van der Waals surface area contributed by atoms with Gasteiger partial charge >= 0.3 is 0 Å². The van der Waals surface area contributed by atoms with Crippen molar-refractivity contribution in [1.29, 1.82) is 0 Å². The van der Waals surface area contributed by atoms with Crippen molar-refractivity contribution in [3.8, 4) is 0 Å². The third kappa shape index (κ3) is 4.54. The molecule has 0 bridgehead atoms. The van der Waals surface area contributed by atoms with Crippen LogP contribution in [0, 0.1) is 0 Å². The van der Waals surface area contributed by atoms with Crippen molar-refractivity contribution < 1.29 is 14.4 Å². The van der Waals surface area contributed by atoms with Gasteiger partial charge in [0.15, 0.2) is 0 Å². The molecule has 1 aromatic heterocycles. The minimum atomic E-state index is -0.219. The summed E-state index contributed by atoms with van der Waals surface area (Å²) in [6.07, 6.45) is 1.49. The molecule has 1 aromatic carbocycles. The summed E-state index contributed by atoms with van der Waals surface area (Å²) in [5, 5.41) is 0. The van der Waals surface area contributed by atoms with Crippen molar-refractivity contribution in [2.45, 2.75) is 13.5 Å². The maximum absolute atomic E-state index is 12.7. The smallest absolute Gasteiger partial charge is 0.272 e. The van der Waals surface area contributed by atoms with Gasteiger partial charge in [-0.1, -0.05) is 30.3 Å². The van der Waals surface area contributed by atoms with Crippen LogP contribution < -0.4 is 0 Å². The van der Waals surface area contributed by atoms with Crippen molar-refractivity contribution in [3.05, 3.63) is 65.5 Å². The second kappa shape index (κ2) is 8.65. The second-order valence-electron chi connectivity index (χ2n) is 6.87. The predicted molar refractivity (Wildman–Crippen MR) is 105 cm³/mol. The van der Waals surface area contributed by atoms with Gasteiger partial charge in [0.1, 0.15) is 5.69 Å². The summed E-state index contributed by atoms with van der Waals surface area (Å²) >= 11 is 0. The van der Waals surface area contributed by atoms with Gasteiger partial charge in [0, 0.05) is 58.5 Å². The molecular weight excluding hydrogens is 356 g/mol. The Bertz CT molecular complexity index is 861. The van der Waals surface area contributed by atoms with Crippen molar-refractivity contribution in [2.24, 2.45) is 0 Å². The van der Waals surface area contributed by atoms with Gasteiger partial charge in [0.2, 0.25) is 5.91 Å². The highest BCUT2D eigenvalue weighted by molar-refractivity contribution is 5.98. The van der Waals surface area contributed by atoms with Gasteiger partial charge in [0.25, 0.3) is 11.8 Å². The highest BCUT2D eigenvalue weighted by atomic mass is 16.2. The number of aromatic nitrogens is 1. The molecular formula is C21H24N4O3. The zero-order valence-electron chi connectivity index (χ0n) is 16.2. The number of hydrogen-bond donors (Lipinski definition) is 0. The SMILES string of the molecule is CC(=O)N1CCN(C(=O)c2cc(C(=O)N(C)Cc3ccccc3)ccn2)CC1. The molecule has 1 saturated heterocycles. The molecule has 7 heteroatoms. The highest BCUT2D eigenvalue weighted by Gasteiger charge is 2.24. The maximum Gasteiger partial charge on any atom is 0.272 e. The number of benzene rings is 1. The fourth-order valence-corrected chi connectivity index (χ4v) is 3.22. The van der Waals surface area contributed by atoms with Crippen LogP contribution in [-0.4, -0.2) is 70.6 Å². The zero-order chi connectivity index (χ0) is 20.1. The number of rotatable bonds is 4. The molecule has 3 amide bonds. The lowest BCUT2D eigenvalue weighted by molar-refractivity contribution is -0.130. The number of carbonyl (C=O) groups is 3. The quantitative estimate of drug-likeness (QED) is 0.809. The minimum Gasteiger partial charge on any atom is -0.339 e. The molecule has 0 aliphatic carbocycles. The first-order valence-electron chi connectivity index (χ1n) is 9.26. The van der Waals surface area contributed by atoms with Gasteiger partial charge in [-0.05, 0) is 17.7 Å². The summed E-state index contributed by atoms with van der Waals surface area (Å²) in [7, 11) is 1.73. The van der Waals surface area contributed by atoms with E-state index in [1.165, 1.54) is 13.1 Å². The van der Waals surface area contributed by atoms with E-state index in [1.807, 2.05) is 30.3 Å². The minimum absolute atomic E-state index is 0.0132. The fraction of sp³-hybridized carbons (Fsp3) is 0.333. The number of amides is 3. The topological polar surface area (TPSA) is 73.8 Å². The third-order valence-corrected chi connectivity index (χ3v) is 4.85. The zero-order valence-corrected chi connectivity index (χ0v) is 16.2. The highest BCUT2D eigenvalue weighted by Crippen LogP contribution is 2.12. The largest absolute Gasteiger partial charge is 0.339 e. The molecule has 3 rings (SSSR count). The standard InChI is InChI=1S/C21H24N4O3/c1-16(26)24-10-12-25(13-11-24)21(28)19-14-18(8-9-22-19)20(27)23(2)15-17-6-4-3-5-7-17/h3-9,14H,10-13,15H2,1-2H3. The first-order valence-corrected chi connectivity index (χ1v) is 9.26. The Balaban J connectivity index is 1.67. The molecule has 0 saturated carbocycles. The van der Waals surface area contributed by atoms with Gasteiger partial charge in [-0.15, -0.1) is 0 Å². The number of carbonyl (C=O) groups excluding carboxylic acids is 3. The summed E-state index contributed by atoms with van der Waals surface area (Å²) in [5.41, 5.74) is 1.71. The Morgan fingerprint density at radius 2 is 1.64 bits per heavy atom. The molecule has 0 spiro atoms. The number of piperazine rings is 1. The molecule has 7 nitrogen and oxygen atoms in total. The van der Waals surface area contributed by atoms with E-state index < -0.39 is 0 Å². The molecule has 2 heterocycles. The molecule has 146 valence electrons. The van der Waals surface area contributed by atoms with E-state index in [4.69, 9.17) is 0 Å². The van der Waals surface area contributed by atoms with Crippen LogP contribution in [0.15, 0.2) is 48.7 Å². The molecule has 28 heavy (non-hydrogen) atoms. The van der Waals surface area contributed by atoms with Crippen LogP contribution in [-0.2, 0) is 11.3 Å². The van der Waals surface area contributed by atoms with Gasteiger partial charge in [-0.3, -0.25) is 19.4 Å². The first kappa shape index (κ1) is 19.5. The monoisotopic (exact) mass is 380 g/mol. The van der Waals surface area contributed by atoms with Crippen LogP contribution in [0.2, 0.25) is 0 Å². The molecule has 0 atom stereocenters. The van der Waals surface area contributed by atoms with E-state index in [0.717, 1.165) is 5.56 Å². The van der Waals surface area contributed by atoms with Crippen molar-refractivity contribution in [3.63, 3.8) is 0 Å². The van der Waals surface area contributed by atoms with Gasteiger partial charge in [-0.2, -0.15) is 0 Å². The Morgan fingerprint density at radius 1 is 1.00 bits per heavy atom. The fourth-order valence-electron chi connectivity index (χ4n) is 3.22. The number of hydrogen-bond acceptors (Lipinski definition) is 4. The Hall–Kier alpha value is -3.22. The molecule has 1 aliphatic heterocycles. The molecule has 0 radical (unpaired) electrons. The van der Waals surface area contributed by atoms with Crippen LogP contribution in [0.3, 0.4) is 0 Å². The van der Waals surface area contributed by atoms with Crippen LogP contribution in [0.1, 0.15) is 33.3 Å². The van der Waals surface area contributed by atoms with Crippen LogP contribution in [0.5, 0.6) is 0 Å². The van der Waals surface area contributed by atoms with E-state index in [-0.39, 0.29) is 23.4 Å². The van der Waals surface area contributed by atoms with E-state index in [1.54, 1.807) is 33.9 Å². The lowest BCUT2D eigenvalue weighted by atomic mass is 10.1. The summed E-state index contributed by atoms with van der Waals surface area (Å²) in [6.45, 7) is 3.97. The maximum atomic E-state index is 12.7. The molecule has 1 aliphatic rings. The van der Waals surface area contributed by atoms with E-state index in [0.29, 0.717) is 38.3 Å². The molecule has 0 unspecified atom stereocenters.